The molecule has 0 aromatic carbocycles. The summed E-state index contributed by atoms with van der Waals surface area (Å²) in [4.78, 5) is 31.3. The van der Waals surface area contributed by atoms with Gasteiger partial charge in [-0.1, -0.05) is 32.9 Å². The predicted molar refractivity (Wildman–Crippen MR) is 180 cm³/mol. The van der Waals surface area contributed by atoms with Gasteiger partial charge in [0.15, 0.2) is 0 Å². The van der Waals surface area contributed by atoms with E-state index in [-0.39, 0.29) is 70.3 Å². The third kappa shape index (κ3) is 5.08. The van der Waals surface area contributed by atoms with Gasteiger partial charge in [0, 0.05) is 24.4 Å². The molecule has 8 heteroatoms. The van der Waals surface area contributed by atoms with Crippen LogP contribution in [0.1, 0.15) is 112 Å². The van der Waals surface area contributed by atoms with E-state index in [4.69, 9.17) is 14.2 Å². The Balaban J connectivity index is 1.28. The number of nitrogens with zero attached hydrogens (tertiary/aromatic N) is 2. The Kier molecular flexibility index (Phi) is 8.85. The van der Waals surface area contributed by atoms with Crippen LogP contribution < -0.4 is 0 Å². The number of carbonyl (C=O) groups is 2. The molecule has 1 aromatic heterocycles. The molecule has 47 heavy (non-hydrogen) atoms. The number of imidazole rings is 1. The van der Waals surface area contributed by atoms with Gasteiger partial charge in [0.05, 0.1) is 43.4 Å². The average molecular weight is 653 g/mol. The minimum atomic E-state index is -0.562. The summed E-state index contributed by atoms with van der Waals surface area (Å²) in [7, 11) is 1.44. The van der Waals surface area contributed by atoms with E-state index in [0.717, 1.165) is 69.3 Å². The van der Waals surface area contributed by atoms with Gasteiger partial charge in [0.2, 0.25) is 0 Å². The number of aryl methyl sites for hydroxylation is 2. The second-order valence-corrected chi connectivity index (χ2v) is 17.4. The van der Waals surface area contributed by atoms with Crippen molar-refractivity contribution in [2.75, 3.05) is 13.7 Å². The lowest BCUT2D eigenvalue weighted by molar-refractivity contribution is -0.255. The van der Waals surface area contributed by atoms with Crippen LogP contribution in [-0.4, -0.2) is 58.1 Å². The number of carbonyl (C=O) groups excluding carboxylic acids is 2. The summed E-state index contributed by atoms with van der Waals surface area (Å²) < 4.78 is 20.2. The maximum atomic E-state index is 14.3. The standard InChI is InChI=1S/C39H60N2O6/c1-24(2)26-12-15-39(34(44)46-21-11-10-19-41-20-18-40-25(41)3)17-16-36(6)27(32(26)39)22-28(42)33-37(36,7)14-13-29-35(4,5)47-30(38(29,33)8)23-31(43)45-9/h18,20,26-30,32-33,42H,1,10-17,19,21-23H2,2-9H3/t26-,27+,28+,29?,30?,32+,33-,36+,37+,38+,39-/m0/s1. The number of aliphatic hydroxyl groups is 1. The fraction of sp³-hybridized carbons (Fsp3) is 0.821. The fourth-order valence-electron chi connectivity index (χ4n) is 12.8. The third-order valence-corrected chi connectivity index (χ3v) is 15.1. The Morgan fingerprint density at radius 2 is 1.83 bits per heavy atom. The highest BCUT2D eigenvalue weighted by Gasteiger charge is 2.76. The van der Waals surface area contributed by atoms with Gasteiger partial charge >= 0.3 is 11.9 Å². The van der Waals surface area contributed by atoms with Crippen molar-refractivity contribution in [1.82, 2.24) is 9.55 Å². The molecule has 8 nitrogen and oxygen atoms in total. The van der Waals surface area contributed by atoms with Crippen LogP contribution in [0.25, 0.3) is 0 Å². The summed E-state index contributed by atoms with van der Waals surface area (Å²) in [5.74, 6) is 1.40. The SMILES string of the molecule is C=C(C)[C@@H]1CC[C@]2(C(=O)OCCCCn3ccnc3C)CC[C@]3(C)[C@H](C[C@@H](O)[C@@H]4[C@@]5(C)C(CC(=O)OC)OC(C)(C)C5CC[C@]43C)[C@@H]12. The number of aliphatic hydroxyl groups excluding tert-OH is 1. The number of hydrogen-bond donors (Lipinski definition) is 1. The van der Waals surface area contributed by atoms with Crippen molar-refractivity contribution in [1.29, 1.82) is 0 Å². The molecule has 2 unspecified atom stereocenters. The van der Waals surface area contributed by atoms with E-state index < -0.39 is 17.1 Å². The molecule has 4 aliphatic carbocycles. The molecule has 4 saturated carbocycles. The van der Waals surface area contributed by atoms with E-state index in [1.165, 1.54) is 7.11 Å². The topological polar surface area (TPSA) is 99.9 Å². The van der Waals surface area contributed by atoms with Crippen molar-refractivity contribution in [2.24, 2.45) is 51.2 Å². The van der Waals surface area contributed by atoms with Gasteiger partial charge < -0.3 is 23.9 Å². The van der Waals surface area contributed by atoms with Crippen molar-refractivity contribution in [2.45, 2.75) is 137 Å². The third-order valence-electron chi connectivity index (χ3n) is 15.1. The summed E-state index contributed by atoms with van der Waals surface area (Å²) in [6, 6.07) is 0. The van der Waals surface area contributed by atoms with Gasteiger partial charge in [-0.05, 0) is 126 Å². The number of allylic oxidation sites excluding steroid dienone is 1. The van der Waals surface area contributed by atoms with Crippen LogP contribution in [0.15, 0.2) is 24.5 Å². The van der Waals surface area contributed by atoms with Gasteiger partial charge in [-0.2, -0.15) is 0 Å². The van der Waals surface area contributed by atoms with Crippen LogP contribution >= 0.6 is 0 Å². The van der Waals surface area contributed by atoms with E-state index in [2.05, 4.69) is 57.7 Å². The molecule has 0 bridgehead atoms. The summed E-state index contributed by atoms with van der Waals surface area (Å²) in [5.41, 5.74) is -0.461. The quantitative estimate of drug-likeness (QED) is 0.173. The number of methoxy groups -OCH3 is 1. The number of esters is 2. The molecule has 11 atom stereocenters. The van der Waals surface area contributed by atoms with Crippen LogP contribution in [0.5, 0.6) is 0 Å². The van der Waals surface area contributed by atoms with Crippen molar-refractivity contribution in [3.8, 4) is 0 Å². The first-order valence-electron chi connectivity index (χ1n) is 18.3. The number of ether oxygens (including phenoxy) is 3. The van der Waals surface area contributed by atoms with E-state index in [0.29, 0.717) is 13.0 Å². The molecule has 0 radical (unpaired) electrons. The lowest BCUT2D eigenvalue weighted by atomic mass is 9.33. The summed E-state index contributed by atoms with van der Waals surface area (Å²) in [6.07, 6.45) is 11.0. The highest BCUT2D eigenvalue weighted by Crippen LogP contribution is 2.77. The molecular weight excluding hydrogens is 592 g/mol. The molecular formula is C39H60N2O6. The van der Waals surface area contributed by atoms with Crippen molar-refractivity contribution in [3.63, 3.8) is 0 Å². The van der Waals surface area contributed by atoms with Gasteiger partial charge in [-0.15, -0.1) is 0 Å². The zero-order chi connectivity index (χ0) is 34.2. The first kappa shape index (κ1) is 34.7. The van der Waals surface area contributed by atoms with E-state index in [1.54, 1.807) is 0 Å². The molecule has 0 amide bonds. The molecule has 1 aliphatic heterocycles. The Labute approximate surface area is 282 Å². The molecule has 6 rings (SSSR count). The Hall–Kier alpha value is -2.19. The zero-order valence-electron chi connectivity index (χ0n) is 30.3. The molecule has 1 saturated heterocycles. The number of hydrogen-bond acceptors (Lipinski definition) is 7. The molecule has 5 aliphatic rings. The molecule has 0 spiro atoms. The van der Waals surface area contributed by atoms with Crippen LogP contribution in [0.4, 0.5) is 0 Å². The first-order chi connectivity index (χ1) is 22.1. The maximum Gasteiger partial charge on any atom is 0.312 e. The lowest BCUT2D eigenvalue weighted by Crippen LogP contribution is -2.69. The first-order valence-corrected chi connectivity index (χ1v) is 18.3. The minimum absolute atomic E-state index is 0.0327. The highest BCUT2D eigenvalue weighted by atomic mass is 16.5. The second-order valence-electron chi connectivity index (χ2n) is 17.4. The summed E-state index contributed by atoms with van der Waals surface area (Å²) in [6.45, 7) is 21.4. The van der Waals surface area contributed by atoms with Gasteiger partial charge in [-0.25, -0.2) is 4.98 Å². The van der Waals surface area contributed by atoms with Crippen LogP contribution in [0.2, 0.25) is 0 Å². The van der Waals surface area contributed by atoms with E-state index in [1.807, 2.05) is 19.3 Å². The summed E-state index contributed by atoms with van der Waals surface area (Å²) in [5, 5.41) is 12.5. The second kappa shape index (κ2) is 12.0. The summed E-state index contributed by atoms with van der Waals surface area (Å²) >= 11 is 0. The molecule has 2 heterocycles. The van der Waals surface area contributed by atoms with Crippen molar-refractivity contribution in [3.05, 3.63) is 30.4 Å². The average Bonchev–Trinajstić information content (AvgIpc) is 3.66. The van der Waals surface area contributed by atoms with Crippen LogP contribution in [-0.2, 0) is 30.3 Å². The highest BCUT2D eigenvalue weighted by molar-refractivity contribution is 5.78. The van der Waals surface area contributed by atoms with Crippen molar-refractivity contribution < 1.29 is 28.9 Å². The minimum Gasteiger partial charge on any atom is -0.469 e. The van der Waals surface area contributed by atoms with Crippen LogP contribution in [0.3, 0.4) is 0 Å². The number of rotatable bonds is 9. The number of unbranched alkanes of at least 4 members (excludes halogenated alkanes) is 1. The largest absolute Gasteiger partial charge is 0.469 e. The molecule has 1 aromatic rings. The Bertz CT molecular complexity index is 1390. The van der Waals surface area contributed by atoms with Crippen molar-refractivity contribution >= 4 is 11.9 Å². The van der Waals surface area contributed by atoms with Gasteiger partial charge in [0.25, 0.3) is 0 Å². The normalized spacial score (nSPS) is 43.3. The Morgan fingerprint density at radius 1 is 1.09 bits per heavy atom. The fourth-order valence-corrected chi connectivity index (χ4v) is 12.8. The van der Waals surface area contributed by atoms with Gasteiger partial charge in [-0.3, -0.25) is 9.59 Å². The van der Waals surface area contributed by atoms with Gasteiger partial charge in [0.1, 0.15) is 5.82 Å². The number of fused-ring (bicyclic) bond motifs is 7. The Morgan fingerprint density at radius 3 is 2.49 bits per heavy atom. The lowest BCUT2D eigenvalue weighted by Gasteiger charge is -2.71. The smallest absolute Gasteiger partial charge is 0.312 e. The molecule has 1 N–H and O–H groups in total. The maximum absolute atomic E-state index is 14.3. The molecule has 5 fully saturated rings. The number of aromatic nitrogens is 2. The zero-order valence-corrected chi connectivity index (χ0v) is 30.3. The van der Waals surface area contributed by atoms with E-state index >= 15 is 0 Å². The molecule has 262 valence electrons. The monoisotopic (exact) mass is 652 g/mol. The predicted octanol–water partition coefficient (Wildman–Crippen LogP) is 7.06. The van der Waals surface area contributed by atoms with E-state index in [9.17, 15) is 14.7 Å². The van der Waals surface area contributed by atoms with Crippen LogP contribution in [0, 0.1) is 58.2 Å².